The van der Waals surface area contributed by atoms with Gasteiger partial charge in [0, 0.05) is 0 Å². The standard InChI is InChI=1S/C9H8O6/c1-3(10)5-7(11)6(8(12)13)4(2)15-9(5)14/h5H,1-2H3,(H,12,13)/t5-/m0/s1. The van der Waals surface area contributed by atoms with Crippen molar-refractivity contribution >= 4 is 23.5 Å². The van der Waals surface area contributed by atoms with Crippen molar-refractivity contribution in [1.82, 2.24) is 0 Å². The molecule has 0 bridgehead atoms. The second-order valence-electron chi connectivity index (χ2n) is 3.07. The first-order valence-electron chi connectivity index (χ1n) is 4.06. The first kappa shape index (κ1) is 11.1. The average molecular weight is 212 g/mol. The molecule has 15 heavy (non-hydrogen) atoms. The predicted octanol–water partition coefficient (Wildman–Crippen LogP) is -0.324. The van der Waals surface area contributed by atoms with Gasteiger partial charge >= 0.3 is 11.9 Å². The second kappa shape index (κ2) is 3.64. The van der Waals surface area contributed by atoms with Crippen LogP contribution in [0.1, 0.15) is 13.8 Å². The molecule has 0 saturated carbocycles. The molecule has 1 aliphatic heterocycles. The van der Waals surface area contributed by atoms with Crippen LogP contribution in [0.2, 0.25) is 0 Å². The van der Waals surface area contributed by atoms with Crippen molar-refractivity contribution in [3.8, 4) is 0 Å². The Bertz CT molecular complexity index is 403. The number of ether oxygens (including phenoxy) is 1. The minimum atomic E-state index is -1.64. The number of rotatable bonds is 2. The summed E-state index contributed by atoms with van der Waals surface area (Å²) < 4.78 is 4.52. The van der Waals surface area contributed by atoms with Crippen LogP contribution in [0.4, 0.5) is 0 Å². The lowest BCUT2D eigenvalue weighted by Gasteiger charge is -2.19. The molecule has 1 aliphatic rings. The van der Waals surface area contributed by atoms with E-state index in [1.54, 1.807) is 0 Å². The van der Waals surface area contributed by atoms with Gasteiger partial charge in [0.05, 0.1) is 0 Å². The molecule has 0 aromatic carbocycles. The van der Waals surface area contributed by atoms with Crippen molar-refractivity contribution in [3.05, 3.63) is 11.3 Å². The number of aliphatic carboxylic acids is 1. The van der Waals surface area contributed by atoms with E-state index in [1.807, 2.05) is 0 Å². The lowest BCUT2D eigenvalue weighted by atomic mass is 9.91. The molecule has 1 N–H and O–H groups in total. The highest BCUT2D eigenvalue weighted by Crippen LogP contribution is 2.22. The van der Waals surface area contributed by atoms with Gasteiger partial charge < -0.3 is 9.84 Å². The van der Waals surface area contributed by atoms with Crippen LogP contribution in [0.3, 0.4) is 0 Å². The first-order valence-corrected chi connectivity index (χ1v) is 4.06. The van der Waals surface area contributed by atoms with Crippen molar-refractivity contribution in [3.63, 3.8) is 0 Å². The molecule has 80 valence electrons. The van der Waals surface area contributed by atoms with Crippen molar-refractivity contribution in [2.75, 3.05) is 0 Å². The van der Waals surface area contributed by atoms with E-state index >= 15 is 0 Å². The zero-order valence-corrected chi connectivity index (χ0v) is 8.07. The fourth-order valence-corrected chi connectivity index (χ4v) is 1.29. The molecule has 0 aromatic heterocycles. The Morgan fingerprint density at radius 3 is 2.27 bits per heavy atom. The topological polar surface area (TPSA) is 97.7 Å². The van der Waals surface area contributed by atoms with E-state index in [1.165, 1.54) is 6.92 Å². The van der Waals surface area contributed by atoms with E-state index < -0.39 is 35.0 Å². The van der Waals surface area contributed by atoms with Crippen LogP contribution in [-0.4, -0.2) is 28.6 Å². The van der Waals surface area contributed by atoms with Gasteiger partial charge in [-0.2, -0.15) is 0 Å². The van der Waals surface area contributed by atoms with E-state index in [9.17, 15) is 19.2 Å². The molecular weight excluding hydrogens is 204 g/mol. The number of carboxylic acids is 1. The SMILES string of the molecule is CC(=O)[C@@H]1C(=O)OC(C)=C(C(=O)O)C1=O. The number of ketones is 2. The highest BCUT2D eigenvalue weighted by Gasteiger charge is 2.42. The Morgan fingerprint density at radius 2 is 1.87 bits per heavy atom. The highest BCUT2D eigenvalue weighted by atomic mass is 16.5. The number of hydrogen-bond donors (Lipinski definition) is 1. The van der Waals surface area contributed by atoms with Crippen LogP contribution in [0.25, 0.3) is 0 Å². The third-order valence-corrected chi connectivity index (χ3v) is 1.97. The summed E-state index contributed by atoms with van der Waals surface area (Å²) in [4.78, 5) is 44.2. The zero-order valence-electron chi connectivity index (χ0n) is 8.07. The fourth-order valence-electron chi connectivity index (χ4n) is 1.29. The lowest BCUT2D eigenvalue weighted by molar-refractivity contribution is -0.153. The van der Waals surface area contributed by atoms with Crippen molar-refractivity contribution in [2.24, 2.45) is 5.92 Å². The van der Waals surface area contributed by atoms with E-state index in [4.69, 9.17) is 5.11 Å². The van der Waals surface area contributed by atoms with E-state index in [2.05, 4.69) is 4.74 Å². The number of esters is 1. The lowest BCUT2D eigenvalue weighted by Crippen LogP contribution is -2.39. The van der Waals surface area contributed by atoms with Gasteiger partial charge in [0.15, 0.2) is 17.5 Å². The third-order valence-electron chi connectivity index (χ3n) is 1.97. The fraction of sp³-hybridized carbons (Fsp3) is 0.333. The molecule has 1 heterocycles. The van der Waals surface area contributed by atoms with Gasteiger partial charge in [-0.3, -0.25) is 14.4 Å². The van der Waals surface area contributed by atoms with Gasteiger partial charge in [-0.15, -0.1) is 0 Å². The second-order valence-corrected chi connectivity index (χ2v) is 3.07. The van der Waals surface area contributed by atoms with Crippen molar-refractivity contribution in [2.45, 2.75) is 13.8 Å². The normalized spacial score (nSPS) is 21.3. The Labute approximate surface area is 84.5 Å². The Balaban J connectivity index is 3.25. The maximum atomic E-state index is 11.5. The molecule has 1 atom stereocenters. The summed E-state index contributed by atoms with van der Waals surface area (Å²) in [6, 6.07) is 0. The van der Waals surface area contributed by atoms with Crippen LogP contribution in [-0.2, 0) is 23.9 Å². The van der Waals surface area contributed by atoms with Gasteiger partial charge in [0.1, 0.15) is 11.3 Å². The minimum absolute atomic E-state index is 0.282. The monoisotopic (exact) mass is 212 g/mol. The quantitative estimate of drug-likeness (QED) is 0.382. The molecule has 0 fully saturated rings. The maximum Gasteiger partial charge on any atom is 0.342 e. The number of allylic oxidation sites excluding steroid dienone is 1. The smallest absolute Gasteiger partial charge is 0.342 e. The maximum absolute atomic E-state index is 11.5. The molecule has 0 radical (unpaired) electrons. The first-order chi connectivity index (χ1) is 6.86. The number of Topliss-reactive ketones (excluding diaryl/α,β-unsaturated/α-hetero) is 2. The number of cyclic esters (lactones) is 1. The van der Waals surface area contributed by atoms with Crippen LogP contribution in [0.5, 0.6) is 0 Å². The Kier molecular flexibility index (Phi) is 2.69. The molecule has 0 amide bonds. The van der Waals surface area contributed by atoms with Gasteiger partial charge in [-0.1, -0.05) is 0 Å². The summed E-state index contributed by atoms with van der Waals surface area (Å²) in [5.41, 5.74) is -0.644. The highest BCUT2D eigenvalue weighted by molar-refractivity contribution is 6.31. The van der Waals surface area contributed by atoms with Gasteiger partial charge in [0.25, 0.3) is 0 Å². The zero-order chi connectivity index (χ0) is 11.7. The Morgan fingerprint density at radius 1 is 1.33 bits per heavy atom. The number of carboxylic acid groups (broad SMARTS) is 1. The molecule has 6 nitrogen and oxygen atoms in total. The van der Waals surface area contributed by atoms with Crippen LogP contribution in [0, 0.1) is 5.92 Å². The summed E-state index contributed by atoms with van der Waals surface area (Å²) in [5.74, 6) is -6.18. The van der Waals surface area contributed by atoms with Crippen LogP contribution in [0.15, 0.2) is 11.3 Å². The summed E-state index contributed by atoms with van der Waals surface area (Å²) >= 11 is 0. The molecule has 6 heteroatoms. The van der Waals surface area contributed by atoms with Gasteiger partial charge in [-0.05, 0) is 13.8 Å². The molecular formula is C9H8O6. The number of carbonyl (C=O) groups excluding carboxylic acids is 3. The summed E-state index contributed by atoms with van der Waals surface area (Å²) in [6.45, 7) is 2.22. The molecule has 0 spiro atoms. The summed E-state index contributed by atoms with van der Waals surface area (Å²) in [5, 5.41) is 8.68. The number of hydrogen-bond acceptors (Lipinski definition) is 5. The van der Waals surface area contributed by atoms with Crippen LogP contribution < -0.4 is 0 Å². The molecule has 0 aliphatic carbocycles. The summed E-state index contributed by atoms with van der Waals surface area (Å²) in [6.07, 6.45) is 0. The predicted molar refractivity (Wildman–Crippen MR) is 45.6 cm³/mol. The largest absolute Gasteiger partial charge is 0.477 e. The van der Waals surface area contributed by atoms with Crippen LogP contribution >= 0.6 is 0 Å². The third kappa shape index (κ3) is 1.78. The molecule has 0 unspecified atom stereocenters. The van der Waals surface area contributed by atoms with Crippen molar-refractivity contribution < 1.29 is 29.0 Å². The Hall–Kier alpha value is -1.98. The van der Waals surface area contributed by atoms with E-state index in [0.29, 0.717) is 0 Å². The van der Waals surface area contributed by atoms with E-state index in [-0.39, 0.29) is 5.76 Å². The molecule has 1 rings (SSSR count). The van der Waals surface area contributed by atoms with Gasteiger partial charge in [0.2, 0.25) is 0 Å². The molecule has 0 aromatic rings. The van der Waals surface area contributed by atoms with Gasteiger partial charge in [-0.25, -0.2) is 4.79 Å². The summed E-state index contributed by atoms with van der Waals surface area (Å²) in [7, 11) is 0. The van der Waals surface area contributed by atoms with Crippen molar-refractivity contribution in [1.29, 1.82) is 0 Å². The number of carbonyl (C=O) groups is 4. The van der Waals surface area contributed by atoms with E-state index in [0.717, 1.165) is 6.92 Å². The average Bonchev–Trinajstić information content (AvgIpc) is 1.99. The molecule has 0 saturated heterocycles. The minimum Gasteiger partial charge on any atom is -0.477 e.